The summed E-state index contributed by atoms with van der Waals surface area (Å²) in [5.41, 5.74) is 1.44. The molecule has 7 nitrogen and oxygen atoms in total. The summed E-state index contributed by atoms with van der Waals surface area (Å²) >= 11 is 0. The first kappa shape index (κ1) is 19.8. The van der Waals surface area contributed by atoms with Gasteiger partial charge in [0, 0.05) is 12.2 Å². The molecule has 1 aromatic heterocycles. The number of carbonyl (C=O) groups is 1. The second-order valence-electron chi connectivity index (χ2n) is 6.33. The van der Waals surface area contributed by atoms with Crippen LogP contribution in [0.5, 0.6) is 0 Å². The van der Waals surface area contributed by atoms with Gasteiger partial charge in [0.1, 0.15) is 5.76 Å². The van der Waals surface area contributed by atoms with Crippen molar-refractivity contribution in [2.75, 3.05) is 11.9 Å². The summed E-state index contributed by atoms with van der Waals surface area (Å²) in [5.74, 6) is 0.481. The van der Waals surface area contributed by atoms with Crippen molar-refractivity contribution in [2.45, 2.75) is 18.0 Å². The predicted octanol–water partition coefficient (Wildman–Crippen LogP) is 2.57. The highest BCUT2D eigenvalue weighted by Gasteiger charge is 2.15. The van der Waals surface area contributed by atoms with Crippen LogP contribution in [0.1, 0.15) is 11.3 Å². The molecule has 3 rings (SSSR count). The molecular weight excluding hydrogens is 378 g/mol. The van der Waals surface area contributed by atoms with Crippen LogP contribution in [-0.4, -0.2) is 25.8 Å². The lowest BCUT2D eigenvalue weighted by Crippen LogP contribution is -2.32. The molecule has 0 aliphatic heterocycles. The van der Waals surface area contributed by atoms with Crippen LogP contribution < -0.4 is 10.5 Å². The lowest BCUT2D eigenvalue weighted by atomic mass is 10.2. The van der Waals surface area contributed by atoms with Crippen LogP contribution >= 0.6 is 0 Å². The van der Waals surface area contributed by atoms with E-state index in [-0.39, 0.29) is 17.3 Å². The summed E-state index contributed by atoms with van der Waals surface area (Å²) in [6, 6.07) is 19.3. The lowest BCUT2D eigenvalue weighted by molar-refractivity contribution is -0.117. The summed E-state index contributed by atoms with van der Waals surface area (Å²) in [6.45, 7) is 1.13. The van der Waals surface area contributed by atoms with Gasteiger partial charge in [-0.25, -0.2) is 13.6 Å². The molecule has 0 radical (unpaired) electrons. The van der Waals surface area contributed by atoms with Crippen LogP contribution in [0.2, 0.25) is 0 Å². The Kier molecular flexibility index (Phi) is 6.25. The Morgan fingerprint density at radius 1 is 1.00 bits per heavy atom. The number of benzene rings is 2. The molecule has 1 amide bonds. The SMILES string of the molecule is NS(=O)(=O)c1cccc(NC(=O)CN(Cc2ccccc2)Cc2ccco2)c1. The number of nitrogens with two attached hydrogens (primary N) is 1. The van der Waals surface area contributed by atoms with Crippen LogP contribution in [0.15, 0.2) is 82.3 Å². The van der Waals surface area contributed by atoms with Crippen molar-refractivity contribution < 1.29 is 17.6 Å². The maximum absolute atomic E-state index is 12.5. The molecule has 28 heavy (non-hydrogen) atoms. The van der Waals surface area contributed by atoms with Crippen molar-refractivity contribution in [1.82, 2.24) is 4.90 Å². The number of nitrogens with one attached hydrogen (secondary N) is 1. The molecule has 8 heteroatoms. The van der Waals surface area contributed by atoms with Gasteiger partial charge in [-0.1, -0.05) is 36.4 Å². The Bertz CT molecular complexity index is 1020. The fraction of sp³-hybridized carbons (Fsp3) is 0.150. The number of hydrogen-bond acceptors (Lipinski definition) is 5. The second kappa shape index (κ2) is 8.83. The zero-order valence-corrected chi connectivity index (χ0v) is 15.9. The van der Waals surface area contributed by atoms with Crippen molar-refractivity contribution >= 4 is 21.6 Å². The van der Waals surface area contributed by atoms with Crippen LogP contribution in [-0.2, 0) is 27.9 Å². The fourth-order valence-corrected chi connectivity index (χ4v) is 3.35. The molecule has 0 spiro atoms. The van der Waals surface area contributed by atoms with E-state index in [1.807, 2.05) is 41.3 Å². The first-order valence-electron chi connectivity index (χ1n) is 8.61. The number of sulfonamides is 1. The highest BCUT2D eigenvalue weighted by molar-refractivity contribution is 7.89. The number of hydrogen-bond donors (Lipinski definition) is 2. The quantitative estimate of drug-likeness (QED) is 0.606. The van der Waals surface area contributed by atoms with E-state index in [1.165, 1.54) is 18.2 Å². The maximum atomic E-state index is 12.5. The van der Waals surface area contributed by atoms with E-state index in [9.17, 15) is 13.2 Å². The van der Waals surface area contributed by atoms with Crippen molar-refractivity contribution in [2.24, 2.45) is 5.14 Å². The number of furan rings is 1. The molecule has 1 heterocycles. The smallest absolute Gasteiger partial charge is 0.238 e. The van der Waals surface area contributed by atoms with E-state index in [2.05, 4.69) is 5.32 Å². The third kappa shape index (κ3) is 5.78. The molecule has 0 saturated carbocycles. The molecule has 3 aromatic rings. The number of rotatable bonds is 8. The molecule has 0 bridgehead atoms. The van der Waals surface area contributed by atoms with Gasteiger partial charge >= 0.3 is 0 Å². The molecule has 0 aliphatic rings. The van der Waals surface area contributed by atoms with Crippen molar-refractivity contribution in [1.29, 1.82) is 0 Å². The van der Waals surface area contributed by atoms with Gasteiger partial charge in [0.15, 0.2) is 0 Å². The summed E-state index contributed by atoms with van der Waals surface area (Å²) < 4.78 is 28.4. The molecule has 0 atom stereocenters. The van der Waals surface area contributed by atoms with Gasteiger partial charge in [-0.2, -0.15) is 0 Å². The summed E-state index contributed by atoms with van der Waals surface area (Å²) in [4.78, 5) is 14.4. The standard InChI is InChI=1S/C20H21N3O4S/c21-28(25,26)19-10-4-8-17(12-19)22-20(24)15-23(14-18-9-5-11-27-18)13-16-6-2-1-3-7-16/h1-12H,13-15H2,(H,22,24)(H2,21,25,26). The number of carbonyl (C=O) groups excluding carboxylic acids is 1. The molecule has 0 saturated heterocycles. The van der Waals surface area contributed by atoms with Gasteiger partial charge < -0.3 is 9.73 Å². The van der Waals surface area contributed by atoms with Crippen molar-refractivity contribution in [3.05, 3.63) is 84.3 Å². The maximum Gasteiger partial charge on any atom is 0.238 e. The Morgan fingerprint density at radius 3 is 2.46 bits per heavy atom. The van der Waals surface area contributed by atoms with Gasteiger partial charge in [-0.3, -0.25) is 9.69 Å². The van der Waals surface area contributed by atoms with E-state index < -0.39 is 10.0 Å². The number of primary sulfonamides is 1. The normalized spacial score (nSPS) is 11.5. The van der Waals surface area contributed by atoms with E-state index in [0.29, 0.717) is 18.8 Å². The Balaban J connectivity index is 1.70. The zero-order chi connectivity index (χ0) is 20.0. The lowest BCUT2D eigenvalue weighted by Gasteiger charge is -2.21. The number of amides is 1. The van der Waals surface area contributed by atoms with Gasteiger partial charge in [0.05, 0.1) is 24.2 Å². The molecule has 146 valence electrons. The minimum Gasteiger partial charge on any atom is -0.468 e. The van der Waals surface area contributed by atoms with Gasteiger partial charge in [-0.05, 0) is 35.9 Å². The second-order valence-corrected chi connectivity index (χ2v) is 7.89. The van der Waals surface area contributed by atoms with Crippen molar-refractivity contribution in [3.63, 3.8) is 0 Å². The average Bonchev–Trinajstić information content (AvgIpc) is 3.15. The van der Waals surface area contributed by atoms with Crippen LogP contribution in [0.3, 0.4) is 0 Å². The summed E-state index contributed by atoms with van der Waals surface area (Å²) in [7, 11) is -3.83. The zero-order valence-electron chi connectivity index (χ0n) is 15.1. The van der Waals surface area contributed by atoms with E-state index >= 15 is 0 Å². The van der Waals surface area contributed by atoms with Gasteiger partial charge in [-0.15, -0.1) is 0 Å². The third-order valence-electron chi connectivity index (χ3n) is 4.02. The molecule has 0 aliphatic carbocycles. The van der Waals surface area contributed by atoms with E-state index in [1.54, 1.807) is 18.4 Å². The summed E-state index contributed by atoms with van der Waals surface area (Å²) in [6.07, 6.45) is 1.59. The van der Waals surface area contributed by atoms with Crippen molar-refractivity contribution in [3.8, 4) is 0 Å². The Labute approximate surface area is 163 Å². The fourth-order valence-electron chi connectivity index (χ4n) is 2.79. The van der Waals surface area contributed by atoms with Gasteiger partial charge in [0.2, 0.25) is 15.9 Å². The highest BCUT2D eigenvalue weighted by atomic mass is 32.2. The van der Waals surface area contributed by atoms with Crippen LogP contribution in [0.4, 0.5) is 5.69 Å². The largest absolute Gasteiger partial charge is 0.468 e. The topological polar surface area (TPSA) is 106 Å². The first-order valence-corrected chi connectivity index (χ1v) is 10.2. The minimum atomic E-state index is -3.83. The Hall–Kier alpha value is -2.94. The minimum absolute atomic E-state index is 0.0537. The first-order chi connectivity index (χ1) is 13.4. The predicted molar refractivity (Wildman–Crippen MR) is 106 cm³/mol. The molecule has 2 aromatic carbocycles. The third-order valence-corrected chi connectivity index (χ3v) is 4.93. The Morgan fingerprint density at radius 2 is 1.79 bits per heavy atom. The molecule has 0 fully saturated rings. The van der Waals surface area contributed by atoms with Gasteiger partial charge in [0.25, 0.3) is 0 Å². The van der Waals surface area contributed by atoms with E-state index in [4.69, 9.17) is 9.56 Å². The number of anilines is 1. The monoisotopic (exact) mass is 399 g/mol. The molecule has 3 N–H and O–H groups in total. The van der Waals surface area contributed by atoms with Crippen LogP contribution in [0, 0.1) is 0 Å². The van der Waals surface area contributed by atoms with E-state index in [0.717, 1.165) is 11.3 Å². The van der Waals surface area contributed by atoms with Crippen LogP contribution in [0.25, 0.3) is 0 Å². The number of nitrogens with zero attached hydrogens (tertiary/aromatic N) is 1. The molecular formula is C20H21N3O4S. The highest BCUT2D eigenvalue weighted by Crippen LogP contribution is 2.15. The average molecular weight is 399 g/mol. The summed E-state index contributed by atoms with van der Waals surface area (Å²) in [5, 5.41) is 7.86. The molecule has 0 unspecified atom stereocenters.